The minimum absolute atomic E-state index is 0. The van der Waals surface area contributed by atoms with Crippen LogP contribution in [0.2, 0.25) is 0 Å². The van der Waals surface area contributed by atoms with Crippen LogP contribution in [0.3, 0.4) is 0 Å². The largest absolute Gasteiger partial charge is 2.00 e. The van der Waals surface area contributed by atoms with Gasteiger partial charge in [0, 0.05) is 11.8 Å². The van der Waals surface area contributed by atoms with Crippen molar-refractivity contribution in [3.8, 4) is 0 Å². The van der Waals surface area contributed by atoms with Crippen LogP contribution < -0.4 is 26.0 Å². The molecular weight excluding hydrogens is 1050 g/mol. The number of allylic oxidation sites excluding steroid dienone is 4. The Hall–Kier alpha value is -6.20. The van der Waals surface area contributed by atoms with Crippen LogP contribution in [0.4, 0.5) is 0 Å². The first-order valence-corrected chi connectivity index (χ1v) is 29.5. The molecule has 6 heteroatoms. The smallest absolute Gasteiger partial charge is 0.657 e. The first-order chi connectivity index (χ1) is 37.1. The Morgan fingerprint density at radius 1 is 0.354 bits per heavy atom. The molecule has 9 rings (SSSR count). The number of nitrogens with zero attached hydrogens (tertiary/aromatic N) is 3. The van der Waals surface area contributed by atoms with E-state index in [0.29, 0.717) is 17.1 Å². The third-order valence-corrected chi connectivity index (χ3v) is 16.6. The molecule has 5 nitrogen and oxygen atoms in total. The van der Waals surface area contributed by atoms with E-state index in [4.69, 9.17) is 15.0 Å². The van der Waals surface area contributed by atoms with Gasteiger partial charge in [-0.05, 0) is 145 Å². The van der Waals surface area contributed by atoms with Crippen molar-refractivity contribution in [2.45, 2.75) is 209 Å². The number of carbonyl (C=O) groups excluding carboxylic acids is 1. The van der Waals surface area contributed by atoms with Crippen LogP contribution in [-0.2, 0) is 65.2 Å². The van der Waals surface area contributed by atoms with E-state index in [0.717, 1.165) is 72.3 Å². The molecule has 0 amide bonds. The molecule has 0 aliphatic carbocycles. The molecule has 0 atom stereocenters. The number of hydrogen-bond donors (Lipinski definition) is 1. The summed E-state index contributed by atoms with van der Waals surface area (Å²) in [6.07, 6.45) is 6.18. The van der Waals surface area contributed by atoms with E-state index in [1.165, 1.54) is 44.5 Å². The molecule has 1 radical (unpaired) electrons. The van der Waals surface area contributed by atoms with E-state index in [9.17, 15) is 0 Å². The van der Waals surface area contributed by atoms with E-state index in [2.05, 4.69) is 281 Å². The van der Waals surface area contributed by atoms with Gasteiger partial charge >= 0.3 is 17.1 Å². The second-order valence-electron chi connectivity index (χ2n) is 31.8. The van der Waals surface area contributed by atoms with E-state index in [-0.39, 0.29) is 66.2 Å². The number of fused-ring (bicyclic) bond motifs is 7. The van der Waals surface area contributed by atoms with Gasteiger partial charge in [-0.3, -0.25) is 4.79 Å². The Balaban J connectivity index is 0.00000880. The number of aliphatic imine (C=N–C) groups is 1. The van der Waals surface area contributed by atoms with Gasteiger partial charge in [-0.1, -0.05) is 263 Å². The molecule has 4 aromatic carbocycles. The summed E-state index contributed by atoms with van der Waals surface area (Å²) < 4.78 is 0. The Kier molecular flexibility index (Phi) is 15.7. The van der Waals surface area contributed by atoms with Crippen LogP contribution in [0.1, 0.15) is 244 Å². The average Bonchev–Trinajstić information content (AvgIpc) is 4.26. The summed E-state index contributed by atoms with van der Waals surface area (Å²) in [7, 11) is 0. The average molecular weight is 1140 g/mol. The summed E-state index contributed by atoms with van der Waals surface area (Å²) in [5, 5.41) is 5.46. The molecule has 0 saturated carbocycles. The second kappa shape index (κ2) is 20.8. The van der Waals surface area contributed by atoms with Crippen LogP contribution in [0.25, 0.3) is 22.3 Å². The van der Waals surface area contributed by atoms with Crippen LogP contribution in [-0.4, -0.2) is 11.5 Å². The quantitative estimate of drug-likeness (QED) is 0.179. The van der Waals surface area contributed by atoms with Crippen molar-refractivity contribution >= 4 is 33.8 Å². The SMILES string of the molecule is CC(C)(C)c1cc(C2=C3C=CC(=N3)C(c3cc(C(C)(C)C)cc(C(C)(C)C)c3)=c3ccc([n-]3)=C(c3cc(C(C)(C)C)cc(C(C)(C)C)c3)C3=CC(=O)C(=C(c4cc(C(C)(C)C)cc(C(C)(C)C)c4)c4ccc2[n-]4)N3)cc(C(C)(C)C)c1.[Cu+2]. The number of rotatable bonds is 4. The molecule has 0 spiro atoms. The van der Waals surface area contributed by atoms with Crippen molar-refractivity contribution in [3.63, 3.8) is 0 Å². The first-order valence-electron chi connectivity index (χ1n) is 29.5. The Labute approximate surface area is 503 Å². The van der Waals surface area contributed by atoms with Gasteiger partial charge in [-0.15, -0.1) is 22.1 Å². The molecular formula is C76H92CuN4O. The van der Waals surface area contributed by atoms with Crippen molar-refractivity contribution in [1.82, 2.24) is 15.3 Å². The van der Waals surface area contributed by atoms with E-state index in [1.807, 2.05) is 0 Å². The zero-order chi connectivity index (χ0) is 59.7. The molecule has 5 heterocycles. The molecule has 433 valence electrons. The number of ketones is 1. The number of hydrogen-bond acceptors (Lipinski definition) is 3. The van der Waals surface area contributed by atoms with Gasteiger partial charge in [0.15, 0.2) is 0 Å². The normalized spacial score (nSPS) is 15.8. The molecule has 6 aromatic rings. The van der Waals surface area contributed by atoms with E-state index in [1.54, 1.807) is 6.08 Å². The van der Waals surface area contributed by atoms with Crippen molar-refractivity contribution in [3.05, 3.63) is 221 Å². The van der Waals surface area contributed by atoms with E-state index < -0.39 is 0 Å². The van der Waals surface area contributed by atoms with Crippen LogP contribution in [0.5, 0.6) is 0 Å². The van der Waals surface area contributed by atoms with Gasteiger partial charge in [-0.2, -0.15) is 0 Å². The molecule has 3 aliphatic rings. The number of carbonyl (C=O) groups is 1. The summed E-state index contributed by atoms with van der Waals surface area (Å²) >= 11 is 0. The molecule has 8 bridgehead atoms. The van der Waals surface area contributed by atoms with Crippen LogP contribution in [0.15, 0.2) is 137 Å². The number of benzene rings is 4. The first kappa shape index (κ1) is 61.9. The standard InChI is InChI=1S/C76H93N4O.Cu/c1-69(2,3)48-31-44(32-49(39-48)70(4,5)6)64-56-25-26-57(77-56)65(45-33-50(71(7,8)9)40-51(34-45)72(10,11)12)59-29-30-61(79-59)67(47-37-54(75(19,20)21)42-55(38-47)76(22,23)24)68-63(81)43-62(80-68)66(60-28-27-58(64)78-60)46-35-52(73(13,14)15)41-53(36-46)74(16,17)18;/h25-43H,1-24H3,(H2-,77,78,79,80,81);/q-1;+2/p-1. The maximum absolute atomic E-state index is 15.6. The topological polar surface area (TPSA) is 69.7 Å². The number of nitrogens with one attached hydrogen (secondary N) is 1. The van der Waals surface area contributed by atoms with Gasteiger partial charge in [0.25, 0.3) is 0 Å². The van der Waals surface area contributed by atoms with Gasteiger partial charge in [-0.25, -0.2) is 4.99 Å². The van der Waals surface area contributed by atoms with Gasteiger partial charge in [0.05, 0.1) is 17.1 Å². The molecule has 0 saturated heterocycles. The fraction of sp³-hybridized carbons (Fsp3) is 0.421. The number of aromatic nitrogens is 2. The van der Waals surface area contributed by atoms with Crippen LogP contribution >= 0.6 is 0 Å². The Morgan fingerprint density at radius 3 is 1.01 bits per heavy atom. The molecule has 0 fully saturated rings. The Morgan fingerprint density at radius 2 is 0.659 bits per heavy atom. The molecule has 2 aromatic heterocycles. The molecule has 82 heavy (non-hydrogen) atoms. The fourth-order valence-electron chi connectivity index (χ4n) is 10.9. The van der Waals surface area contributed by atoms with Gasteiger partial charge in [0.1, 0.15) is 0 Å². The molecule has 1 N–H and O–H groups in total. The predicted molar refractivity (Wildman–Crippen MR) is 344 cm³/mol. The third kappa shape index (κ3) is 12.5. The maximum atomic E-state index is 15.6. The van der Waals surface area contributed by atoms with Crippen molar-refractivity contribution in [2.24, 2.45) is 4.99 Å². The van der Waals surface area contributed by atoms with Crippen molar-refractivity contribution in [2.75, 3.05) is 0 Å². The zero-order valence-corrected chi connectivity index (χ0v) is 55.0. The summed E-state index contributed by atoms with van der Waals surface area (Å²) in [5.74, 6) is -0.112. The van der Waals surface area contributed by atoms with Crippen molar-refractivity contribution < 1.29 is 21.9 Å². The van der Waals surface area contributed by atoms with Gasteiger partial charge < -0.3 is 15.3 Å². The fourth-order valence-corrected chi connectivity index (χ4v) is 10.9. The van der Waals surface area contributed by atoms with Crippen LogP contribution in [0, 0.1) is 0 Å². The maximum Gasteiger partial charge on any atom is 2.00 e. The monoisotopic (exact) mass is 1140 g/mol. The summed E-state index contributed by atoms with van der Waals surface area (Å²) in [6, 6.07) is 36.6. The van der Waals surface area contributed by atoms with E-state index >= 15 is 4.79 Å². The Bertz CT molecular complexity index is 3720. The minimum Gasteiger partial charge on any atom is -0.657 e. The predicted octanol–water partition coefficient (Wildman–Crippen LogP) is 16.7. The van der Waals surface area contributed by atoms with Crippen molar-refractivity contribution in [1.29, 1.82) is 0 Å². The molecule has 3 aliphatic heterocycles. The summed E-state index contributed by atoms with van der Waals surface area (Å²) in [6.45, 7) is 54.7. The minimum atomic E-state index is -0.186. The molecule has 0 unspecified atom stereocenters. The third-order valence-electron chi connectivity index (χ3n) is 16.6. The second-order valence-corrected chi connectivity index (χ2v) is 31.8. The summed E-state index contributed by atoms with van der Waals surface area (Å²) in [4.78, 5) is 32.9. The zero-order valence-electron chi connectivity index (χ0n) is 54.0. The summed E-state index contributed by atoms with van der Waals surface area (Å²) in [5.41, 5.74) is 20.4. The van der Waals surface area contributed by atoms with Gasteiger partial charge in [0.2, 0.25) is 5.78 Å².